The summed E-state index contributed by atoms with van der Waals surface area (Å²) in [6, 6.07) is 7.94. The number of ether oxygens (including phenoxy) is 1. The molecule has 126 valence electrons. The zero-order valence-corrected chi connectivity index (χ0v) is 13.2. The van der Waals surface area contributed by atoms with E-state index in [1.807, 2.05) is 13.0 Å². The fraction of sp³-hybridized carbons (Fsp3) is 0.375. The fourth-order valence-electron chi connectivity index (χ4n) is 2.44. The second-order valence-corrected chi connectivity index (χ2v) is 6.03. The van der Waals surface area contributed by atoms with Crippen molar-refractivity contribution in [3.05, 3.63) is 46.1 Å². The predicted octanol–water partition coefficient (Wildman–Crippen LogP) is 1.78. The molecule has 1 aromatic heterocycles. The Hall–Kier alpha value is -2.58. The van der Waals surface area contributed by atoms with E-state index in [9.17, 15) is 15.2 Å². The minimum absolute atomic E-state index is 0.0274. The summed E-state index contributed by atoms with van der Waals surface area (Å²) in [5.74, 6) is 1.14. The van der Waals surface area contributed by atoms with Crippen LogP contribution in [0.25, 0.3) is 11.4 Å². The summed E-state index contributed by atoms with van der Waals surface area (Å²) >= 11 is 0. The lowest BCUT2D eigenvalue weighted by Crippen LogP contribution is -2.50. The van der Waals surface area contributed by atoms with Crippen molar-refractivity contribution >= 4 is 11.5 Å². The van der Waals surface area contributed by atoms with Gasteiger partial charge in [-0.1, -0.05) is 0 Å². The number of aromatic nitrogens is 2. The van der Waals surface area contributed by atoms with Crippen molar-refractivity contribution in [3.8, 4) is 11.4 Å². The number of aryl methyl sites for hydroxylation is 1. The van der Waals surface area contributed by atoms with Crippen LogP contribution in [0, 0.1) is 22.5 Å². The van der Waals surface area contributed by atoms with Gasteiger partial charge in [-0.3, -0.25) is 10.1 Å². The van der Waals surface area contributed by atoms with E-state index in [-0.39, 0.29) is 17.7 Å². The smallest absolute Gasteiger partial charge is 0.269 e. The monoisotopic (exact) mass is 330 g/mol. The molecule has 2 heterocycles. The Balaban J connectivity index is 1.79. The molecule has 2 aromatic rings. The van der Waals surface area contributed by atoms with Gasteiger partial charge in [-0.25, -0.2) is 9.97 Å². The molecule has 0 bridgehead atoms. The summed E-state index contributed by atoms with van der Waals surface area (Å²) in [6.45, 7) is 3.51. The zero-order valence-electron chi connectivity index (χ0n) is 13.2. The molecule has 1 aliphatic rings. The number of hydrogen-bond donors (Lipinski definition) is 2. The van der Waals surface area contributed by atoms with Gasteiger partial charge < -0.3 is 15.2 Å². The molecule has 0 amide bonds. The first-order chi connectivity index (χ1) is 11.5. The summed E-state index contributed by atoms with van der Waals surface area (Å²) in [5, 5.41) is 23.4. The van der Waals surface area contributed by atoms with Gasteiger partial charge in [-0.05, 0) is 19.1 Å². The highest BCUT2D eigenvalue weighted by Gasteiger charge is 2.37. The summed E-state index contributed by atoms with van der Waals surface area (Å²) < 4.78 is 5.18. The van der Waals surface area contributed by atoms with Crippen molar-refractivity contribution in [1.82, 2.24) is 9.97 Å². The first-order valence-electron chi connectivity index (χ1n) is 7.54. The third kappa shape index (κ3) is 3.34. The standard InChI is InChI=1S/C16H18N4O4/c1-11-6-14(17-7-16(8-21)9-24-10-16)19-15(18-11)12-2-4-13(5-3-12)20(22)23/h2-6,21H,7-10H2,1H3,(H,17,18,19). The molecule has 1 aromatic carbocycles. The van der Waals surface area contributed by atoms with Gasteiger partial charge in [-0.2, -0.15) is 0 Å². The third-order valence-electron chi connectivity index (χ3n) is 3.99. The van der Waals surface area contributed by atoms with E-state index in [0.717, 1.165) is 5.69 Å². The molecule has 0 radical (unpaired) electrons. The van der Waals surface area contributed by atoms with Crippen LogP contribution in [-0.2, 0) is 4.74 Å². The van der Waals surface area contributed by atoms with Gasteiger partial charge >= 0.3 is 0 Å². The van der Waals surface area contributed by atoms with Gasteiger partial charge in [0.15, 0.2) is 5.82 Å². The van der Waals surface area contributed by atoms with Gasteiger partial charge in [-0.15, -0.1) is 0 Å². The number of anilines is 1. The van der Waals surface area contributed by atoms with E-state index >= 15 is 0 Å². The number of nitro groups is 1. The number of rotatable bonds is 6. The third-order valence-corrected chi connectivity index (χ3v) is 3.99. The maximum Gasteiger partial charge on any atom is 0.269 e. The number of nitro benzene ring substituents is 1. The van der Waals surface area contributed by atoms with Crippen LogP contribution in [0.2, 0.25) is 0 Å². The SMILES string of the molecule is Cc1cc(NCC2(CO)COC2)nc(-c2ccc([N+](=O)[O-])cc2)n1. The molecule has 0 unspecified atom stereocenters. The Kier molecular flexibility index (Phi) is 4.41. The lowest BCUT2D eigenvalue weighted by atomic mass is 9.87. The highest BCUT2D eigenvalue weighted by atomic mass is 16.6. The summed E-state index contributed by atoms with van der Waals surface area (Å²) in [7, 11) is 0. The summed E-state index contributed by atoms with van der Waals surface area (Å²) in [4.78, 5) is 19.1. The second kappa shape index (κ2) is 6.50. The van der Waals surface area contributed by atoms with Crippen LogP contribution >= 0.6 is 0 Å². The lowest BCUT2D eigenvalue weighted by molar-refractivity contribution is -0.384. The largest absolute Gasteiger partial charge is 0.396 e. The Bertz CT molecular complexity index is 739. The number of hydrogen-bond acceptors (Lipinski definition) is 7. The van der Waals surface area contributed by atoms with Gasteiger partial charge in [0.1, 0.15) is 5.82 Å². The van der Waals surface area contributed by atoms with E-state index in [0.29, 0.717) is 37.0 Å². The lowest BCUT2D eigenvalue weighted by Gasteiger charge is -2.39. The molecule has 24 heavy (non-hydrogen) atoms. The van der Waals surface area contributed by atoms with E-state index in [1.165, 1.54) is 12.1 Å². The van der Waals surface area contributed by atoms with E-state index in [2.05, 4.69) is 15.3 Å². The summed E-state index contributed by atoms with van der Waals surface area (Å²) in [5.41, 5.74) is 1.26. The fourth-order valence-corrected chi connectivity index (χ4v) is 2.44. The van der Waals surface area contributed by atoms with Gasteiger partial charge in [0.2, 0.25) is 0 Å². The van der Waals surface area contributed by atoms with Crippen molar-refractivity contribution in [1.29, 1.82) is 0 Å². The van der Waals surface area contributed by atoms with Crippen molar-refractivity contribution in [2.24, 2.45) is 5.41 Å². The molecule has 8 nitrogen and oxygen atoms in total. The molecule has 2 N–H and O–H groups in total. The molecule has 3 rings (SSSR count). The topological polar surface area (TPSA) is 110 Å². The minimum Gasteiger partial charge on any atom is -0.396 e. The maximum atomic E-state index is 10.7. The molecule has 1 aliphatic heterocycles. The molecule has 0 aliphatic carbocycles. The number of benzene rings is 1. The molecular formula is C16H18N4O4. The van der Waals surface area contributed by atoms with Crippen LogP contribution in [0.1, 0.15) is 5.69 Å². The Morgan fingerprint density at radius 1 is 1.33 bits per heavy atom. The average molecular weight is 330 g/mol. The molecule has 1 saturated heterocycles. The Labute approximate surface area is 138 Å². The molecule has 0 saturated carbocycles. The maximum absolute atomic E-state index is 10.7. The number of nitrogens with zero attached hydrogens (tertiary/aromatic N) is 3. The normalized spacial score (nSPS) is 15.6. The van der Waals surface area contributed by atoms with Crippen molar-refractivity contribution < 1.29 is 14.8 Å². The highest BCUT2D eigenvalue weighted by Crippen LogP contribution is 2.27. The van der Waals surface area contributed by atoms with E-state index < -0.39 is 4.92 Å². The second-order valence-electron chi connectivity index (χ2n) is 6.03. The number of non-ortho nitro benzene ring substituents is 1. The molecule has 0 atom stereocenters. The van der Waals surface area contributed by atoms with Crippen LogP contribution in [-0.4, -0.2) is 46.4 Å². The highest BCUT2D eigenvalue weighted by molar-refractivity contribution is 5.59. The number of aliphatic hydroxyl groups is 1. The first kappa shape index (κ1) is 16.3. The quantitative estimate of drug-likeness (QED) is 0.613. The first-order valence-corrected chi connectivity index (χ1v) is 7.54. The van der Waals surface area contributed by atoms with Gasteiger partial charge in [0.05, 0.1) is 30.2 Å². The molecular weight excluding hydrogens is 312 g/mol. The van der Waals surface area contributed by atoms with Crippen LogP contribution in [0.15, 0.2) is 30.3 Å². The molecule has 1 fully saturated rings. The summed E-state index contributed by atoms with van der Waals surface area (Å²) in [6.07, 6.45) is 0. The molecule has 0 spiro atoms. The zero-order chi connectivity index (χ0) is 17.2. The average Bonchev–Trinajstić information content (AvgIpc) is 2.54. The number of aliphatic hydroxyl groups excluding tert-OH is 1. The minimum atomic E-state index is -0.442. The van der Waals surface area contributed by atoms with Crippen LogP contribution in [0.3, 0.4) is 0 Å². The van der Waals surface area contributed by atoms with Gasteiger partial charge in [0.25, 0.3) is 5.69 Å². The van der Waals surface area contributed by atoms with Crippen LogP contribution < -0.4 is 5.32 Å². The van der Waals surface area contributed by atoms with Crippen LogP contribution in [0.4, 0.5) is 11.5 Å². The van der Waals surface area contributed by atoms with Crippen LogP contribution in [0.5, 0.6) is 0 Å². The van der Waals surface area contributed by atoms with E-state index in [1.54, 1.807) is 12.1 Å². The van der Waals surface area contributed by atoms with E-state index in [4.69, 9.17) is 4.74 Å². The van der Waals surface area contributed by atoms with Crippen molar-refractivity contribution in [2.75, 3.05) is 31.7 Å². The van der Waals surface area contributed by atoms with Crippen molar-refractivity contribution in [2.45, 2.75) is 6.92 Å². The van der Waals surface area contributed by atoms with Crippen molar-refractivity contribution in [3.63, 3.8) is 0 Å². The Morgan fingerprint density at radius 2 is 2.04 bits per heavy atom. The van der Waals surface area contributed by atoms with Gasteiger partial charge in [0, 0.05) is 36.0 Å². The molecule has 8 heteroatoms. The predicted molar refractivity (Wildman–Crippen MR) is 87.7 cm³/mol. The Morgan fingerprint density at radius 3 is 2.58 bits per heavy atom. The number of nitrogens with one attached hydrogen (secondary N) is 1.